The first-order valence-electron chi connectivity index (χ1n) is 6.46. The molecule has 0 saturated carbocycles. The molecule has 0 radical (unpaired) electrons. The average molecular weight is 259 g/mol. The molecular weight excluding hydrogens is 236 g/mol. The van der Waals surface area contributed by atoms with Gasteiger partial charge in [0, 0.05) is 19.0 Å². The number of rotatable bonds is 9. The van der Waals surface area contributed by atoms with Crippen molar-refractivity contribution < 1.29 is 0 Å². The molecule has 0 bridgehead atoms. The number of aryl methyl sites for hydroxylation is 1. The molecule has 0 aliphatic carbocycles. The molecule has 1 heterocycles. The van der Waals surface area contributed by atoms with Crippen molar-refractivity contribution in [3.63, 3.8) is 0 Å². The van der Waals surface area contributed by atoms with Gasteiger partial charge in [0.15, 0.2) is 0 Å². The monoisotopic (exact) mass is 258 g/mol. The van der Waals surface area contributed by atoms with Gasteiger partial charge in [0.25, 0.3) is 0 Å². The second kappa shape index (κ2) is 8.48. The molecule has 0 fully saturated rings. The molecular formula is C12H23ClN4. The molecule has 0 aliphatic rings. The van der Waals surface area contributed by atoms with Gasteiger partial charge >= 0.3 is 0 Å². The van der Waals surface area contributed by atoms with Crippen molar-refractivity contribution in [1.29, 1.82) is 0 Å². The van der Waals surface area contributed by atoms with Gasteiger partial charge in [0.1, 0.15) is 12.2 Å². The van der Waals surface area contributed by atoms with Gasteiger partial charge in [0.05, 0.1) is 6.54 Å². The van der Waals surface area contributed by atoms with Crippen molar-refractivity contribution in [2.75, 3.05) is 19.0 Å². The normalized spacial score (nSPS) is 11.3. The maximum absolute atomic E-state index is 5.83. The van der Waals surface area contributed by atoms with Crippen LogP contribution in [0.2, 0.25) is 0 Å². The predicted octanol–water partition coefficient (Wildman–Crippen LogP) is 2.53. The van der Waals surface area contributed by atoms with Crippen LogP contribution in [0, 0.1) is 0 Å². The number of halogens is 1. The first-order chi connectivity index (χ1) is 8.31. The summed E-state index contributed by atoms with van der Waals surface area (Å²) in [4.78, 5) is 6.69. The molecule has 0 unspecified atom stereocenters. The molecule has 0 aromatic carbocycles. The van der Waals surface area contributed by atoms with Gasteiger partial charge in [-0.15, -0.1) is 11.6 Å². The lowest BCUT2D eigenvalue weighted by atomic mass is 10.3. The maximum Gasteiger partial charge on any atom is 0.141 e. The zero-order valence-corrected chi connectivity index (χ0v) is 11.7. The number of hydrogen-bond donors (Lipinski definition) is 0. The van der Waals surface area contributed by atoms with Crippen LogP contribution in [0.4, 0.5) is 0 Å². The standard InChI is InChI=1S/C12H23ClN4/c1-3-5-8-16(9-6-13)10-12-14-11-15-17(12)7-4-2/h11H,3-10H2,1-2H3. The summed E-state index contributed by atoms with van der Waals surface area (Å²) in [6.45, 7) is 8.16. The van der Waals surface area contributed by atoms with Crippen LogP contribution >= 0.6 is 11.6 Å². The maximum atomic E-state index is 5.83. The molecule has 17 heavy (non-hydrogen) atoms. The number of hydrogen-bond acceptors (Lipinski definition) is 3. The Labute approximate surface area is 109 Å². The van der Waals surface area contributed by atoms with E-state index in [2.05, 4.69) is 28.8 Å². The van der Waals surface area contributed by atoms with Crippen molar-refractivity contribution in [2.24, 2.45) is 0 Å². The zero-order chi connectivity index (χ0) is 12.5. The highest BCUT2D eigenvalue weighted by Gasteiger charge is 2.09. The Hall–Kier alpha value is -0.610. The molecule has 0 spiro atoms. The van der Waals surface area contributed by atoms with E-state index in [1.807, 2.05) is 4.68 Å². The first-order valence-corrected chi connectivity index (χ1v) is 7.00. The van der Waals surface area contributed by atoms with Gasteiger partial charge in [-0.2, -0.15) is 5.10 Å². The van der Waals surface area contributed by atoms with Gasteiger partial charge in [-0.3, -0.25) is 4.90 Å². The minimum Gasteiger partial charge on any atom is -0.295 e. The highest BCUT2D eigenvalue weighted by Crippen LogP contribution is 2.04. The van der Waals surface area contributed by atoms with Crippen LogP contribution in [0.25, 0.3) is 0 Å². The van der Waals surface area contributed by atoms with E-state index < -0.39 is 0 Å². The minimum atomic E-state index is 0.672. The van der Waals surface area contributed by atoms with Crippen LogP contribution in [0.3, 0.4) is 0 Å². The SMILES string of the molecule is CCCCN(CCCl)Cc1ncnn1CCC. The smallest absolute Gasteiger partial charge is 0.141 e. The van der Waals surface area contributed by atoms with Gasteiger partial charge in [-0.1, -0.05) is 20.3 Å². The molecule has 98 valence electrons. The molecule has 0 atom stereocenters. The fourth-order valence-electron chi connectivity index (χ4n) is 1.78. The molecule has 5 heteroatoms. The zero-order valence-electron chi connectivity index (χ0n) is 10.9. The summed E-state index contributed by atoms with van der Waals surface area (Å²) < 4.78 is 1.99. The summed E-state index contributed by atoms with van der Waals surface area (Å²) in [5.74, 6) is 1.72. The van der Waals surface area contributed by atoms with E-state index in [0.29, 0.717) is 5.88 Å². The van der Waals surface area contributed by atoms with Crippen molar-refractivity contribution in [2.45, 2.75) is 46.2 Å². The van der Waals surface area contributed by atoms with E-state index >= 15 is 0 Å². The van der Waals surface area contributed by atoms with Gasteiger partial charge in [-0.25, -0.2) is 9.67 Å². The second-order valence-corrected chi connectivity index (χ2v) is 4.60. The summed E-state index contributed by atoms with van der Waals surface area (Å²) in [5.41, 5.74) is 0. The lowest BCUT2D eigenvalue weighted by molar-refractivity contribution is 0.264. The lowest BCUT2D eigenvalue weighted by Gasteiger charge is -2.20. The van der Waals surface area contributed by atoms with Crippen molar-refractivity contribution in [3.05, 3.63) is 12.2 Å². The lowest BCUT2D eigenvalue weighted by Crippen LogP contribution is -2.28. The Balaban J connectivity index is 2.54. The fraction of sp³-hybridized carbons (Fsp3) is 0.833. The van der Waals surface area contributed by atoms with Crippen LogP contribution in [-0.4, -0.2) is 38.6 Å². The number of unbranched alkanes of at least 4 members (excludes halogenated alkanes) is 1. The van der Waals surface area contributed by atoms with Crippen LogP contribution in [0.5, 0.6) is 0 Å². The third kappa shape index (κ3) is 5.04. The highest BCUT2D eigenvalue weighted by atomic mass is 35.5. The molecule has 0 saturated heterocycles. The van der Waals surface area contributed by atoms with E-state index in [4.69, 9.17) is 11.6 Å². The van der Waals surface area contributed by atoms with Crippen LogP contribution in [0.1, 0.15) is 38.9 Å². The summed E-state index contributed by atoms with van der Waals surface area (Å²) >= 11 is 5.83. The molecule has 1 aromatic heterocycles. The van der Waals surface area contributed by atoms with E-state index in [-0.39, 0.29) is 0 Å². The van der Waals surface area contributed by atoms with E-state index in [0.717, 1.165) is 38.4 Å². The van der Waals surface area contributed by atoms with Crippen molar-refractivity contribution >= 4 is 11.6 Å². The van der Waals surface area contributed by atoms with Crippen molar-refractivity contribution in [1.82, 2.24) is 19.7 Å². The van der Waals surface area contributed by atoms with Crippen LogP contribution in [-0.2, 0) is 13.1 Å². The van der Waals surface area contributed by atoms with Gasteiger partial charge < -0.3 is 0 Å². The quantitative estimate of drug-likeness (QED) is 0.639. The number of aromatic nitrogens is 3. The van der Waals surface area contributed by atoms with Gasteiger partial charge in [-0.05, 0) is 19.4 Å². The topological polar surface area (TPSA) is 34.0 Å². The van der Waals surface area contributed by atoms with E-state index in [1.54, 1.807) is 6.33 Å². The third-order valence-corrected chi connectivity index (χ3v) is 2.89. The number of nitrogens with zero attached hydrogens (tertiary/aromatic N) is 4. The second-order valence-electron chi connectivity index (χ2n) is 4.22. The summed E-state index contributed by atoms with van der Waals surface area (Å²) in [7, 11) is 0. The first kappa shape index (κ1) is 14.5. The third-order valence-electron chi connectivity index (χ3n) is 2.72. The Morgan fingerprint density at radius 2 is 2.12 bits per heavy atom. The summed E-state index contributed by atoms with van der Waals surface area (Å²) in [6, 6.07) is 0. The van der Waals surface area contributed by atoms with E-state index in [1.165, 1.54) is 12.8 Å². The number of alkyl halides is 1. The fourth-order valence-corrected chi connectivity index (χ4v) is 2.02. The predicted molar refractivity (Wildman–Crippen MR) is 71.2 cm³/mol. The van der Waals surface area contributed by atoms with Crippen molar-refractivity contribution in [3.8, 4) is 0 Å². The Kier molecular flexibility index (Phi) is 7.21. The molecule has 4 nitrogen and oxygen atoms in total. The molecule has 1 rings (SSSR count). The molecule has 0 amide bonds. The molecule has 0 N–H and O–H groups in total. The average Bonchev–Trinajstić information content (AvgIpc) is 2.74. The minimum absolute atomic E-state index is 0.672. The molecule has 1 aromatic rings. The largest absolute Gasteiger partial charge is 0.295 e. The van der Waals surface area contributed by atoms with E-state index in [9.17, 15) is 0 Å². The Bertz CT molecular complexity index is 300. The Morgan fingerprint density at radius 1 is 1.29 bits per heavy atom. The highest BCUT2D eigenvalue weighted by molar-refractivity contribution is 6.18. The summed E-state index contributed by atoms with van der Waals surface area (Å²) in [6.07, 6.45) is 5.14. The molecule has 0 aliphatic heterocycles. The Morgan fingerprint density at radius 3 is 2.76 bits per heavy atom. The van der Waals surface area contributed by atoms with Gasteiger partial charge in [0.2, 0.25) is 0 Å². The van der Waals surface area contributed by atoms with Crippen LogP contribution < -0.4 is 0 Å². The summed E-state index contributed by atoms with van der Waals surface area (Å²) in [5, 5.41) is 4.25. The van der Waals surface area contributed by atoms with Crippen LogP contribution in [0.15, 0.2) is 6.33 Å².